The molecular weight excluding hydrogens is 218 g/mol. The first-order chi connectivity index (χ1) is 8.00. The fourth-order valence-electron chi connectivity index (χ4n) is 2.15. The van der Waals surface area contributed by atoms with Crippen molar-refractivity contribution >= 4 is 17.4 Å². The quantitative estimate of drug-likeness (QED) is 0.835. The van der Waals surface area contributed by atoms with Crippen LogP contribution in [0.25, 0.3) is 0 Å². The third-order valence-electron chi connectivity index (χ3n) is 3.08. The van der Waals surface area contributed by atoms with Gasteiger partial charge in [-0.1, -0.05) is 12.1 Å². The second-order valence-corrected chi connectivity index (χ2v) is 4.32. The molecule has 0 aromatic heterocycles. The van der Waals surface area contributed by atoms with E-state index in [4.69, 9.17) is 0 Å². The lowest BCUT2D eigenvalue weighted by molar-refractivity contribution is -0.125. The van der Waals surface area contributed by atoms with E-state index in [2.05, 4.69) is 0 Å². The number of anilines is 1. The fourth-order valence-corrected chi connectivity index (χ4v) is 2.15. The Hall–Kier alpha value is -1.68. The number of benzene rings is 1. The fraction of sp³-hybridized carbons (Fsp3) is 0.385. The minimum Gasteiger partial charge on any atom is -0.381 e. The largest absolute Gasteiger partial charge is 0.381 e. The molecule has 1 unspecified atom stereocenters. The van der Waals surface area contributed by atoms with Crippen molar-refractivity contribution < 1.29 is 14.7 Å². The molecule has 1 N–H and O–H groups in total. The third kappa shape index (κ3) is 2.08. The van der Waals surface area contributed by atoms with Gasteiger partial charge in [0.15, 0.2) is 5.78 Å². The van der Waals surface area contributed by atoms with Gasteiger partial charge >= 0.3 is 0 Å². The summed E-state index contributed by atoms with van der Waals surface area (Å²) in [6, 6.07) is 5.31. The Bertz CT molecular complexity index is 482. The first-order valence-electron chi connectivity index (χ1n) is 5.60. The molecule has 0 spiro atoms. The van der Waals surface area contributed by atoms with E-state index in [0.717, 1.165) is 17.7 Å². The van der Waals surface area contributed by atoms with Gasteiger partial charge in [0, 0.05) is 19.2 Å². The van der Waals surface area contributed by atoms with E-state index in [0.29, 0.717) is 12.1 Å². The lowest BCUT2D eigenvalue weighted by atomic mass is 10.0. The van der Waals surface area contributed by atoms with E-state index in [-0.39, 0.29) is 11.7 Å². The number of rotatable bonds is 2. The molecule has 2 rings (SSSR count). The molecule has 4 nitrogen and oxygen atoms in total. The standard InChI is InChI=1S/C13H15NO3/c1-8(15)13(17)11-3-4-12-10(7-11)5-6-14(12)9(2)16/h3-4,7,13,17H,5-6H2,1-2H3. The molecule has 1 heterocycles. The summed E-state index contributed by atoms with van der Waals surface area (Å²) >= 11 is 0. The van der Waals surface area contributed by atoms with Gasteiger partial charge in [0.05, 0.1) is 0 Å². The minimum atomic E-state index is -1.06. The highest BCUT2D eigenvalue weighted by molar-refractivity contribution is 5.94. The number of aliphatic hydroxyl groups is 1. The Labute approximate surface area is 99.9 Å². The van der Waals surface area contributed by atoms with Crippen LogP contribution in [0.4, 0.5) is 5.69 Å². The second kappa shape index (κ2) is 4.30. The van der Waals surface area contributed by atoms with E-state index in [1.807, 2.05) is 6.07 Å². The van der Waals surface area contributed by atoms with Crippen LogP contribution in [0.3, 0.4) is 0 Å². The summed E-state index contributed by atoms with van der Waals surface area (Å²) in [5, 5.41) is 9.67. The van der Waals surface area contributed by atoms with Crippen LogP contribution in [-0.2, 0) is 16.0 Å². The first-order valence-corrected chi connectivity index (χ1v) is 5.60. The van der Waals surface area contributed by atoms with Gasteiger partial charge in [0.1, 0.15) is 6.10 Å². The number of carbonyl (C=O) groups excluding carboxylic acids is 2. The molecular formula is C13H15NO3. The summed E-state index contributed by atoms with van der Waals surface area (Å²) in [5.41, 5.74) is 2.50. The summed E-state index contributed by atoms with van der Waals surface area (Å²) in [4.78, 5) is 24.2. The molecule has 1 aliphatic heterocycles. The monoisotopic (exact) mass is 233 g/mol. The maximum absolute atomic E-state index is 11.4. The lowest BCUT2D eigenvalue weighted by Gasteiger charge is -2.15. The van der Waals surface area contributed by atoms with Crippen molar-refractivity contribution in [2.24, 2.45) is 0 Å². The van der Waals surface area contributed by atoms with Crippen LogP contribution in [0.15, 0.2) is 18.2 Å². The van der Waals surface area contributed by atoms with Crippen LogP contribution in [0, 0.1) is 0 Å². The highest BCUT2D eigenvalue weighted by Gasteiger charge is 2.23. The van der Waals surface area contributed by atoms with Crippen molar-refractivity contribution in [1.82, 2.24) is 0 Å². The van der Waals surface area contributed by atoms with E-state index in [1.54, 1.807) is 17.0 Å². The Morgan fingerprint density at radius 1 is 1.35 bits per heavy atom. The predicted molar refractivity (Wildman–Crippen MR) is 63.8 cm³/mol. The predicted octanol–water partition coefficient (Wildman–Crippen LogP) is 1.22. The molecule has 0 aliphatic carbocycles. The highest BCUT2D eigenvalue weighted by Crippen LogP contribution is 2.30. The Kier molecular flexibility index (Phi) is 2.98. The molecule has 0 saturated carbocycles. The Morgan fingerprint density at radius 2 is 2.06 bits per heavy atom. The van der Waals surface area contributed by atoms with E-state index >= 15 is 0 Å². The molecule has 0 bridgehead atoms. The average Bonchev–Trinajstić information content (AvgIpc) is 2.70. The van der Waals surface area contributed by atoms with Gasteiger partial charge < -0.3 is 10.0 Å². The number of carbonyl (C=O) groups is 2. The molecule has 0 fully saturated rings. The summed E-state index contributed by atoms with van der Waals surface area (Å²) < 4.78 is 0. The maximum Gasteiger partial charge on any atom is 0.223 e. The van der Waals surface area contributed by atoms with Gasteiger partial charge in [-0.15, -0.1) is 0 Å². The number of fused-ring (bicyclic) bond motifs is 1. The maximum atomic E-state index is 11.4. The summed E-state index contributed by atoms with van der Waals surface area (Å²) in [7, 11) is 0. The molecule has 17 heavy (non-hydrogen) atoms. The topological polar surface area (TPSA) is 57.6 Å². The number of amides is 1. The van der Waals surface area contributed by atoms with Crippen molar-refractivity contribution in [1.29, 1.82) is 0 Å². The van der Waals surface area contributed by atoms with Crippen LogP contribution in [0.5, 0.6) is 0 Å². The number of aliphatic hydroxyl groups excluding tert-OH is 1. The summed E-state index contributed by atoms with van der Waals surface area (Å²) in [6.07, 6.45) is -0.292. The Morgan fingerprint density at radius 3 is 2.65 bits per heavy atom. The smallest absolute Gasteiger partial charge is 0.223 e. The number of hydrogen-bond donors (Lipinski definition) is 1. The minimum absolute atomic E-state index is 0.0172. The lowest BCUT2D eigenvalue weighted by Crippen LogP contribution is -2.25. The molecule has 1 atom stereocenters. The molecule has 1 aliphatic rings. The zero-order valence-electron chi connectivity index (χ0n) is 9.93. The van der Waals surface area contributed by atoms with E-state index in [9.17, 15) is 14.7 Å². The molecule has 1 amide bonds. The summed E-state index contributed by atoms with van der Waals surface area (Å²) in [5.74, 6) is -0.255. The van der Waals surface area contributed by atoms with Gasteiger partial charge in [-0.25, -0.2) is 0 Å². The second-order valence-electron chi connectivity index (χ2n) is 4.32. The average molecular weight is 233 g/mol. The molecule has 4 heteroatoms. The first kappa shape index (κ1) is 11.8. The van der Waals surface area contributed by atoms with Gasteiger partial charge in [-0.2, -0.15) is 0 Å². The van der Waals surface area contributed by atoms with Crippen LogP contribution < -0.4 is 4.90 Å². The van der Waals surface area contributed by atoms with Crippen LogP contribution in [0.1, 0.15) is 31.1 Å². The number of hydrogen-bond acceptors (Lipinski definition) is 3. The van der Waals surface area contributed by atoms with E-state index < -0.39 is 6.10 Å². The molecule has 0 saturated heterocycles. The van der Waals surface area contributed by atoms with Crippen molar-refractivity contribution in [2.75, 3.05) is 11.4 Å². The number of Topliss-reactive ketones (excluding diaryl/α,β-unsaturated/α-hetero) is 1. The van der Waals surface area contributed by atoms with Crippen molar-refractivity contribution in [3.63, 3.8) is 0 Å². The van der Waals surface area contributed by atoms with Crippen molar-refractivity contribution in [3.8, 4) is 0 Å². The number of nitrogens with zero attached hydrogens (tertiary/aromatic N) is 1. The van der Waals surface area contributed by atoms with Crippen LogP contribution in [0.2, 0.25) is 0 Å². The van der Waals surface area contributed by atoms with Crippen LogP contribution >= 0.6 is 0 Å². The zero-order chi connectivity index (χ0) is 12.6. The zero-order valence-corrected chi connectivity index (χ0v) is 9.93. The normalized spacial score (nSPS) is 15.6. The van der Waals surface area contributed by atoms with Gasteiger partial charge in [-0.05, 0) is 30.5 Å². The van der Waals surface area contributed by atoms with E-state index in [1.165, 1.54) is 13.8 Å². The van der Waals surface area contributed by atoms with Crippen molar-refractivity contribution in [3.05, 3.63) is 29.3 Å². The molecule has 1 aromatic rings. The third-order valence-corrected chi connectivity index (χ3v) is 3.08. The van der Waals surface area contributed by atoms with Gasteiger partial charge in [-0.3, -0.25) is 9.59 Å². The molecule has 1 aromatic carbocycles. The van der Waals surface area contributed by atoms with Crippen LogP contribution in [-0.4, -0.2) is 23.3 Å². The Balaban J connectivity index is 2.34. The van der Waals surface area contributed by atoms with Crippen molar-refractivity contribution in [2.45, 2.75) is 26.4 Å². The van der Waals surface area contributed by atoms with Gasteiger partial charge in [0.25, 0.3) is 0 Å². The summed E-state index contributed by atoms with van der Waals surface area (Å²) in [6.45, 7) is 3.57. The number of ketones is 1. The van der Waals surface area contributed by atoms with Gasteiger partial charge in [0.2, 0.25) is 5.91 Å². The molecule has 90 valence electrons. The SMILES string of the molecule is CC(=O)C(O)c1ccc2c(c1)CCN2C(C)=O. The molecule has 0 radical (unpaired) electrons. The highest BCUT2D eigenvalue weighted by atomic mass is 16.3.